The van der Waals surface area contributed by atoms with E-state index < -0.39 is 30.9 Å². The van der Waals surface area contributed by atoms with E-state index in [2.05, 4.69) is 6.92 Å². The van der Waals surface area contributed by atoms with Crippen molar-refractivity contribution in [2.45, 2.75) is 83.2 Å². The number of carboxylic acids is 1. The van der Waals surface area contributed by atoms with Crippen molar-refractivity contribution in [2.75, 3.05) is 0 Å². The fourth-order valence-electron chi connectivity index (χ4n) is 4.22. The number of aliphatic carboxylic acids is 1. The van der Waals surface area contributed by atoms with Gasteiger partial charge >= 0.3 is 5.97 Å². The van der Waals surface area contributed by atoms with Gasteiger partial charge < -0.3 is 15.3 Å². The number of hydrogen-bond donors (Lipinski definition) is 3. The summed E-state index contributed by atoms with van der Waals surface area (Å²) >= 11 is 0. The largest absolute Gasteiger partial charge is 0.481 e. The maximum Gasteiger partial charge on any atom is 0.303 e. The third kappa shape index (κ3) is 6.27. The number of hydrogen-bond acceptors (Lipinski definition) is 3. The van der Waals surface area contributed by atoms with Crippen LogP contribution in [0.5, 0.6) is 0 Å². The van der Waals surface area contributed by atoms with Gasteiger partial charge in [0.1, 0.15) is 0 Å². The van der Waals surface area contributed by atoms with E-state index in [0.29, 0.717) is 19.3 Å². The van der Waals surface area contributed by atoms with Crippen LogP contribution < -0.4 is 0 Å². The molecule has 0 aromatic heterocycles. The highest BCUT2D eigenvalue weighted by atomic mass is 16.4. The third-order valence-corrected chi connectivity index (χ3v) is 5.46. The summed E-state index contributed by atoms with van der Waals surface area (Å²) in [4.78, 5) is 11.0. The lowest BCUT2D eigenvalue weighted by Crippen LogP contribution is -2.17. The first kappa shape index (κ1) is 15.0. The van der Waals surface area contributed by atoms with Crippen LogP contribution in [-0.2, 0) is 4.79 Å². The van der Waals surface area contributed by atoms with Gasteiger partial charge in [-0.05, 0) is 50.3 Å². The highest BCUT2D eigenvalue weighted by Gasteiger charge is 2.44. The zero-order chi connectivity index (χ0) is 21.8. The molecule has 0 heterocycles. The molecule has 0 spiro atoms. The molecule has 3 N–H and O–H groups in total. The molecule has 2 aliphatic carbocycles. The Morgan fingerprint density at radius 3 is 2.92 bits per heavy atom. The lowest BCUT2D eigenvalue weighted by atomic mass is 9.90. The molecule has 0 bridgehead atoms. The van der Waals surface area contributed by atoms with E-state index in [9.17, 15) is 15.0 Å². The van der Waals surface area contributed by atoms with Crippen molar-refractivity contribution in [3.05, 3.63) is 23.8 Å². The van der Waals surface area contributed by atoms with Gasteiger partial charge in [0, 0.05) is 17.8 Å². The quantitative estimate of drug-likeness (QED) is 0.408. The number of aliphatic hydroxyl groups is 2. The summed E-state index contributed by atoms with van der Waals surface area (Å²) in [6.07, 6.45) is 4.61. The van der Waals surface area contributed by atoms with Crippen molar-refractivity contribution in [3.8, 4) is 0 Å². The van der Waals surface area contributed by atoms with Crippen LogP contribution >= 0.6 is 0 Å². The van der Waals surface area contributed by atoms with E-state index in [1.54, 1.807) is 12.2 Å². The fraction of sp³-hybridized carbons (Fsp3) is 0.762. The van der Waals surface area contributed by atoms with Crippen molar-refractivity contribution in [1.82, 2.24) is 0 Å². The predicted octanol–water partition coefficient (Wildman–Crippen LogP) is 4.07. The summed E-state index contributed by atoms with van der Waals surface area (Å²) < 4.78 is 30.6. The van der Waals surface area contributed by atoms with Crippen molar-refractivity contribution in [1.29, 1.82) is 0 Å². The molecule has 4 heteroatoms. The van der Waals surface area contributed by atoms with Gasteiger partial charge in [0.25, 0.3) is 0 Å². The maximum absolute atomic E-state index is 11.0. The Morgan fingerprint density at radius 1 is 1.40 bits per heavy atom. The first-order valence-corrected chi connectivity index (χ1v) is 9.45. The zero-order valence-electron chi connectivity index (χ0n) is 19.0. The van der Waals surface area contributed by atoms with Gasteiger partial charge in [-0.1, -0.05) is 50.0 Å². The predicted molar refractivity (Wildman–Crippen MR) is 99.2 cm³/mol. The van der Waals surface area contributed by atoms with E-state index >= 15 is 0 Å². The summed E-state index contributed by atoms with van der Waals surface area (Å²) in [5, 5.41) is 29.5. The maximum atomic E-state index is 11.0. The standard InChI is InChI=1S/C21H34O4/c1-2-3-4-8-17(22)10-11-18-19-13-15(7-5-6-9-21(24)25)12-16(19)14-20(18)23/h7,10-11,16-20,22-23H,2-6,8-9,12-14H2,1H3,(H,24,25)/b11-10+,15-7+/t16-,17-,18+,19-,20+/m0/s1/i6D2,9D2. The number of rotatable bonds is 10. The van der Waals surface area contributed by atoms with Crippen molar-refractivity contribution >= 4 is 5.97 Å². The van der Waals surface area contributed by atoms with Gasteiger partial charge in [-0.2, -0.15) is 0 Å². The third-order valence-electron chi connectivity index (χ3n) is 5.46. The minimum Gasteiger partial charge on any atom is -0.481 e. The fourth-order valence-corrected chi connectivity index (χ4v) is 4.22. The minimum atomic E-state index is -2.95. The van der Waals surface area contributed by atoms with Gasteiger partial charge in [-0.3, -0.25) is 4.79 Å². The van der Waals surface area contributed by atoms with Crippen LogP contribution in [0.4, 0.5) is 0 Å². The molecule has 2 aliphatic rings. The second-order valence-corrected chi connectivity index (χ2v) is 7.33. The number of carboxylic acid groups (broad SMARTS) is 1. The Kier molecular flexibility index (Phi) is 6.07. The number of unbranched alkanes of at least 4 members (excludes halogenated alkanes) is 2. The smallest absolute Gasteiger partial charge is 0.303 e. The molecule has 4 nitrogen and oxygen atoms in total. The SMILES string of the molecule is [2H]C([2H])(C/C=C1\C[C@H]2C[C@@H](O)[C@H](/C=C/[C@@H](O)CCCCC)[C@H]2C1)C([2H])([2H])C(=O)O. The second-order valence-electron chi connectivity index (χ2n) is 7.33. The molecule has 0 aromatic carbocycles. The van der Waals surface area contributed by atoms with E-state index in [0.717, 1.165) is 31.3 Å². The van der Waals surface area contributed by atoms with Crippen molar-refractivity contribution in [2.24, 2.45) is 17.8 Å². The molecule has 0 saturated heterocycles. The van der Waals surface area contributed by atoms with Crippen LogP contribution in [0.2, 0.25) is 0 Å². The first-order chi connectivity index (χ1) is 13.5. The molecule has 5 atom stereocenters. The van der Waals surface area contributed by atoms with Crippen LogP contribution in [0.3, 0.4) is 0 Å². The van der Waals surface area contributed by atoms with Crippen molar-refractivity contribution in [3.63, 3.8) is 0 Å². The number of aliphatic hydroxyl groups excluding tert-OH is 2. The number of carbonyl (C=O) groups is 1. The van der Waals surface area contributed by atoms with E-state index in [4.69, 9.17) is 10.6 Å². The average Bonchev–Trinajstić information content (AvgIpc) is 3.14. The Labute approximate surface area is 157 Å². The van der Waals surface area contributed by atoms with Crippen molar-refractivity contribution < 1.29 is 25.6 Å². The lowest BCUT2D eigenvalue weighted by Gasteiger charge is -2.17. The molecule has 2 fully saturated rings. The molecule has 2 rings (SSSR count). The van der Waals surface area contributed by atoms with E-state index in [1.807, 2.05) is 6.08 Å². The molecule has 0 radical (unpaired) electrons. The molecular weight excluding hydrogens is 316 g/mol. The van der Waals surface area contributed by atoms with Crippen LogP contribution in [0.15, 0.2) is 23.8 Å². The molecular formula is C21H34O4. The summed E-state index contributed by atoms with van der Waals surface area (Å²) in [5.41, 5.74) is 0.999. The highest BCUT2D eigenvalue weighted by Crippen LogP contribution is 2.50. The molecule has 2 saturated carbocycles. The normalized spacial score (nSPS) is 35.2. The molecule has 142 valence electrons. The Morgan fingerprint density at radius 2 is 2.20 bits per heavy atom. The molecule has 0 amide bonds. The lowest BCUT2D eigenvalue weighted by molar-refractivity contribution is -0.137. The first-order valence-electron chi connectivity index (χ1n) is 11.5. The van der Waals surface area contributed by atoms with Gasteiger partial charge in [0.2, 0.25) is 0 Å². The average molecular weight is 355 g/mol. The molecule has 0 unspecified atom stereocenters. The van der Waals surface area contributed by atoms with E-state index in [-0.39, 0.29) is 24.2 Å². The van der Waals surface area contributed by atoms with Gasteiger partial charge in [0.15, 0.2) is 0 Å². The number of fused-ring (bicyclic) bond motifs is 1. The molecule has 25 heavy (non-hydrogen) atoms. The summed E-state index contributed by atoms with van der Waals surface area (Å²) in [6.45, 7) is 2.11. The summed E-state index contributed by atoms with van der Waals surface area (Å²) in [7, 11) is 0. The molecule has 0 aromatic rings. The zero-order valence-corrected chi connectivity index (χ0v) is 15.0. The Bertz CT molecular complexity index is 632. The van der Waals surface area contributed by atoms with Crippen LogP contribution in [0, 0.1) is 17.8 Å². The van der Waals surface area contributed by atoms with Gasteiger partial charge in [0.05, 0.1) is 12.2 Å². The summed E-state index contributed by atoms with van der Waals surface area (Å²) in [5.74, 6) is -1.34. The van der Waals surface area contributed by atoms with Gasteiger partial charge in [-0.25, -0.2) is 0 Å². The van der Waals surface area contributed by atoms with Crippen LogP contribution in [-0.4, -0.2) is 33.5 Å². The Balaban J connectivity index is 1.97. The second kappa shape index (κ2) is 10.1. The van der Waals surface area contributed by atoms with E-state index in [1.165, 1.54) is 0 Å². The highest BCUT2D eigenvalue weighted by molar-refractivity contribution is 5.66. The Hall–Kier alpha value is -1.13. The van der Waals surface area contributed by atoms with Crippen LogP contribution in [0.1, 0.15) is 76.5 Å². The monoisotopic (exact) mass is 354 g/mol. The molecule has 0 aliphatic heterocycles. The van der Waals surface area contributed by atoms with Crippen LogP contribution in [0.25, 0.3) is 0 Å². The topological polar surface area (TPSA) is 77.8 Å². The number of allylic oxidation sites excluding steroid dienone is 2. The van der Waals surface area contributed by atoms with Gasteiger partial charge in [-0.15, -0.1) is 0 Å². The summed E-state index contributed by atoms with van der Waals surface area (Å²) in [6, 6.07) is 0. The minimum absolute atomic E-state index is 0.0473.